The lowest BCUT2D eigenvalue weighted by Gasteiger charge is -2.21. The smallest absolute Gasteiger partial charge is 0.323 e. The summed E-state index contributed by atoms with van der Waals surface area (Å²) in [5.74, 6) is -0.847. The molecule has 0 spiro atoms. The Balaban J connectivity index is 2.15. The van der Waals surface area contributed by atoms with Crippen LogP contribution in [-0.2, 0) is 11.3 Å². The maximum absolute atomic E-state index is 11.1. The van der Waals surface area contributed by atoms with Crippen LogP contribution < -0.4 is 4.90 Å². The second-order valence-electron chi connectivity index (χ2n) is 5.13. The van der Waals surface area contributed by atoms with Gasteiger partial charge in [0.2, 0.25) is 0 Å². The molecular formula is C16H21N3O2. The van der Waals surface area contributed by atoms with Crippen molar-refractivity contribution in [2.24, 2.45) is 0 Å². The molecule has 0 fully saturated rings. The van der Waals surface area contributed by atoms with E-state index in [4.69, 9.17) is 5.11 Å². The van der Waals surface area contributed by atoms with Crippen molar-refractivity contribution in [3.63, 3.8) is 0 Å². The molecule has 0 aliphatic carbocycles. The zero-order chi connectivity index (χ0) is 15.2. The Morgan fingerprint density at radius 3 is 2.67 bits per heavy atom. The summed E-state index contributed by atoms with van der Waals surface area (Å²) in [6.07, 6.45) is 2.96. The molecule has 1 atom stereocenters. The molecule has 1 heterocycles. The van der Waals surface area contributed by atoms with Crippen LogP contribution in [0.1, 0.15) is 32.0 Å². The third-order valence-corrected chi connectivity index (χ3v) is 3.51. The molecule has 0 saturated heterocycles. The summed E-state index contributed by atoms with van der Waals surface area (Å²) in [6.45, 7) is 4.68. The van der Waals surface area contributed by atoms with E-state index < -0.39 is 5.97 Å². The van der Waals surface area contributed by atoms with Crippen molar-refractivity contribution in [1.82, 2.24) is 9.78 Å². The highest BCUT2D eigenvalue weighted by Gasteiger charge is 2.13. The van der Waals surface area contributed by atoms with E-state index >= 15 is 0 Å². The summed E-state index contributed by atoms with van der Waals surface area (Å²) >= 11 is 0. The SMILES string of the molecule is CCC(C)n1ccc(CN(CC(=O)O)c2ccccc2)n1. The highest BCUT2D eigenvalue weighted by Crippen LogP contribution is 2.17. The summed E-state index contributed by atoms with van der Waals surface area (Å²) in [6, 6.07) is 11.8. The van der Waals surface area contributed by atoms with Crippen LogP contribution in [-0.4, -0.2) is 27.4 Å². The zero-order valence-corrected chi connectivity index (χ0v) is 12.4. The minimum absolute atomic E-state index is 0.0415. The molecular weight excluding hydrogens is 266 g/mol. The molecule has 0 saturated carbocycles. The van der Waals surface area contributed by atoms with Crippen LogP contribution in [0, 0.1) is 0 Å². The highest BCUT2D eigenvalue weighted by molar-refractivity contribution is 5.73. The number of benzene rings is 1. The minimum Gasteiger partial charge on any atom is -0.480 e. The molecule has 0 amide bonds. The summed E-state index contributed by atoms with van der Waals surface area (Å²) in [5.41, 5.74) is 1.76. The Morgan fingerprint density at radius 1 is 1.33 bits per heavy atom. The molecule has 1 unspecified atom stereocenters. The number of para-hydroxylation sites is 1. The van der Waals surface area contributed by atoms with Gasteiger partial charge >= 0.3 is 5.97 Å². The van der Waals surface area contributed by atoms with Crippen molar-refractivity contribution in [2.75, 3.05) is 11.4 Å². The van der Waals surface area contributed by atoms with E-state index in [-0.39, 0.29) is 6.54 Å². The Morgan fingerprint density at radius 2 is 2.05 bits per heavy atom. The summed E-state index contributed by atoms with van der Waals surface area (Å²) in [7, 11) is 0. The summed E-state index contributed by atoms with van der Waals surface area (Å²) in [4.78, 5) is 12.9. The monoisotopic (exact) mass is 287 g/mol. The summed E-state index contributed by atoms with van der Waals surface area (Å²) < 4.78 is 1.93. The molecule has 0 aliphatic rings. The number of nitrogens with zero attached hydrogens (tertiary/aromatic N) is 3. The van der Waals surface area contributed by atoms with Gasteiger partial charge < -0.3 is 10.0 Å². The molecule has 1 aromatic carbocycles. The van der Waals surface area contributed by atoms with Gasteiger partial charge in [0.1, 0.15) is 6.54 Å². The van der Waals surface area contributed by atoms with Gasteiger partial charge in [-0.2, -0.15) is 5.10 Å². The van der Waals surface area contributed by atoms with E-state index in [1.807, 2.05) is 52.2 Å². The first-order chi connectivity index (χ1) is 10.1. The first kappa shape index (κ1) is 15.1. The van der Waals surface area contributed by atoms with Crippen molar-refractivity contribution >= 4 is 11.7 Å². The van der Waals surface area contributed by atoms with Crippen LogP contribution in [0.2, 0.25) is 0 Å². The molecule has 1 N–H and O–H groups in total. The molecule has 0 aliphatic heterocycles. The number of hydrogen-bond donors (Lipinski definition) is 1. The van der Waals surface area contributed by atoms with Gasteiger partial charge in [0, 0.05) is 17.9 Å². The predicted octanol–water partition coefficient (Wildman–Crippen LogP) is 2.95. The molecule has 5 heteroatoms. The van der Waals surface area contributed by atoms with Gasteiger partial charge in [0.05, 0.1) is 12.2 Å². The van der Waals surface area contributed by atoms with E-state index in [9.17, 15) is 4.79 Å². The van der Waals surface area contributed by atoms with Gasteiger partial charge in [-0.05, 0) is 31.5 Å². The highest BCUT2D eigenvalue weighted by atomic mass is 16.4. The van der Waals surface area contributed by atoms with Crippen LogP contribution in [0.3, 0.4) is 0 Å². The van der Waals surface area contributed by atoms with Gasteiger partial charge in [-0.3, -0.25) is 9.48 Å². The largest absolute Gasteiger partial charge is 0.480 e. The van der Waals surface area contributed by atoms with Crippen molar-refractivity contribution in [3.05, 3.63) is 48.3 Å². The Hall–Kier alpha value is -2.30. The average molecular weight is 287 g/mol. The van der Waals surface area contributed by atoms with E-state index in [1.165, 1.54) is 0 Å². The molecule has 112 valence electrons. The number of carboxylic acids is 1. The van der Waals surface area contributed by atoms with E-state index in [0.717, 1.165) is 17.8 Å². The number of carbonyl (C=O) groups is 1. The van der Waals surface area contributed by atoms with E-state index in [2.05, 4.69) is 18.9 Å². The van der Waals surface area contributed by atoms with Crippen LogP contribution in [0.5, 0.6) is 0 Å². The lowest BCUT2D eigenvalue weighted by Crippen LogP contribution is -2.29. The molecule has 2 rings (SSSR count). The number of carboxylic acid groups (broad SMARTS) is 1. The van der Waals surface area contributed by atoms with Gasteiger partial charge in [-0.1, -0.05) is 25.1 Å². The number of aromatic nitrogens is 2. The van der Waals surface area contributed by atoms with E-state index in [1.54, 1.807) is 0 Å². The Bertz CT molecular complexity index is 580. The fourth-order valence-corrected chi connectivity index (χ4v) is 2.13. The van der Waals surface area contributed by atoms with E-state index in [0.29, 0.717) is 12.6 Å². The maximum atomic E-state index is 11.1. The normalized spacial score (nSPS) is 12.1. The van der Waals surface area contributed by atoms with Gasteiger partial charge in [0.15, 0.2) is 0 Å². The topological polar surface area (TPSA) is 58.4 Å². The maximum Gasteiger partial charge on any atom is 0.323 e. The van der Waals surface area contributed by atoms with Gasteiger partial charge in [-0.25, -0.2) is 0 Å². The predicted molar refractivity (Wildman–Crippen MR) is 82.4 cm³/mol. The average Bonchev–Trinajstić information content (AvgIpc) is 2.95. The molecule has 21 heavy (non-hydrogen) atoms. The van der Waals surface area contributed by atoms with Crippen molar-refractivity contribution in [3.8, 4) is 0 Å². The van der Waals surface area contributed by atoms with Crippen molar-refractivity contribution < 1.29 is 9.90 Å². The Labute approximate surface area is 124 Å². The lowest BCUT2D eigenvalue weighted by molar-refractivity contribution is -0.135. The fourth-order valence-electron chi connectivity index (χ4n) is 2.13. The number of hydrogen-bond acceptors (Lipinski definition) is 3. The first-order valence-corrected chi connectivity index (χ1v) is 7.16. The zero-order valence-electron chi connectivity index (χ0n) is 12.4. The number of rotatable bonds is 7. The number of anilines is 1. The van der Waals surface area contributed by atoms with Crippen LogP contribution in [0.25, 0.3) is 0 Å². The van der Waals surface area contributed by atoms with Gasteiger partial charge in [0.25, 0.3) is 0 Å². The third-order valence-electron chi connectivity index (χ3n) is 3.51. The Kier molecular flexibility index (Phi) is 4.98. The first-order valence-electron chi connectivity index (χ1n) is 7.16. The molecule has 2 aromatic rings. The summed E-state index contributed by atoms with van der Waals surface area (Å²) in [5, 5.41) is 13.6. The second kappa shape index (κ2) is 6.92. The molecule has 0 radical (unpaired) electrons. The van der Waals surface area contributed by atoms with Crippen molar-refractivity contribution in [2.45, 2.75) is 32.9 Å². The van der Waals surface area contributed by atoms with Crippen LogP contribution in [0.4, 0.5) is 5.69 Å². The third kappa shape index (κ3) is 4.08. The van der Waals surface area contributed by atoms with Gasteiger partial charge in [-0.15, -0.1) is 0 Å². The minimum atomic E-state index is -0.847. The molecule has 1 aromatic heterocycles. The van der Waals surface area contributed by atoms with Crippen LogP contribution >= 0.6 is 0 Å². The number of aliphatic carboxylic acids is 1. The molecule has 0 bridgehead atoms. The fraction of sp³-hybridized carbons (Fsp3) is 0.375. The van der Waals surface area contributed by atoms with Crippen molar-refractivity contribution in [1.29, 1.82) is 0 Å². The molecule has 5 nitrogen and oxygen atoms in total. The van der Waals surface area contributed by atoms with Crippen LogP contribution in [0.15, 0.2) is 42.6 Å². The lowest BCUT2D eigenvalue weighted by atomic mass is 10.2. The standard InChI is InChI=1S/C16H21N3O2/c1-3-13(2)19-10-9-14(17-19)11-18(12-16(20)21)15-7-5-4-6-8-15/h4-10,13H,3,11-12H2,1-2H3,(H,20,21). The quantitative estimate of drug-likeness (QED) is 0.850. The second-order valence-corrected chi connectivity index (χ2v) is 5.13.